The van der Waals surface area contributed by atoms with Gasteiger partial charge in [-0.3, -0.25) is 4.79 Å². The van der Waals surface area contributed by atoms with Crippen molar-refractivity contribution >= 4 is 12.1 Å². The molecule has 5 heteroatoms. The fraction of sp³-hybridized carbons (Fsp3) is 0.417. The maximum absolute atomic E-state index is 12.7. The van der Waals surface area contributed by atoms with Crippen LogP contribution < -0.4 is 5.32 Å². The van der Waals surface area contributed by atoms with Crippen molar-refractivity contribution in [3.63, 3.8) is 0 Å². The summed E-state index contributed by atoms with van der Waals surface area (Å²) in [4.78, 5) is 24.1. The van der Waals surface area contributed by atoms with Crippen molar-refractivity contribution < 1.29 is 19.4 Å². The minimum absolute atomic E-state index is 0.00212. The summed E-state index contributed by atoms with van der Waals surface area (Å²) in [6, 6.07) is 16.4. The van der Waals surface area contributed by atoms with Crippen LogP contribution in [0.4, 0.5) is 4.79 Å². The van der Waals surface area contributed by atoms with Crippen LogP contribution in [0.5, 0.6) is 0 Å². The van der Waals surface area contributed by atoms with Gasteiger partial charge in [-0.2, -0.15) is 0 Å². The number of nitrogens with one attached hydrogen (secondary N) is 1. The number of carboxylic acid groups (broad SMARTS) is 1. The summed E-state index contributed by atoms with van der Waals surface area (Å²) in [6.07, 6.45) is 4.80. The third-order valence-electron chi connectivity index (χ3n) is 6.26. The Morgan fingerprint density at radius 1 is 0.931 bits per heavy atom. The molecule has 1 saturated carbocycles. The summed E-state index contributed by atoms with van der Waals surface area (Å²) in [6.45, 7) is 0.239. The molecule has 0 unspecified atom stereocenters. The molecule has 0 bridgehead atoms. The predicted molar refractivity (Wildman–Crippen MR) is 111 cm³/mol. The zero-order valence-corrected chi connectivity index (χ0v) is 16.5. The van der Waals surface area contributed by atoms with Crippen LogP contribution in [0.3, 0.4) is 0 Å². The van der Waals surface area contributed by atoms with Crippen molar-refractivity contribution in [3.8, 4) is 11.1 Å². The molecule has 1 amide bonds. The molecule has 0 aliphatic heterocycles. The third kappa shape index (κ3) is 4.14. The molecular formula is C24H27NO4. The van der Waals surface area contributed by atoms with Crippen LogP contribution >= 0.6 is 0 Å². The van der Waals surface area contributed by atoms with Crippen molar-refractivity contribution in [2.24, 2.45) is 0 Å². The Hall–Kier alpha value is -2.82. The highest BCUT2D eigenvalue weighted by Gasteiger charge is 2.36. The Kier molecular flexibility index (Phi) is 5.56. The monoisotopic (exact) mass is 393 g/mol. The molecule has 4 rings (SSSR count). The zero-order valence-electron chi connectivity index (χ0n) is 16.5. The number of ether oxygens (including phenoxy) is 1. The smallest absolute Gasteiger partial charge is 0.407 e. The molecule has 0 aromatic heterocycles. The SMILES string of the molecule is O=C(O)CC1(NC(=O)OCC2c3ccccc3-c3ccccc32)CCCCCC1. The number of hydrogen-bond donors (Lipinski definition) is 2. The van der Waals surface area contributed by atoms with Gasteiger partial charge in [-0.25, -0.2) is 4.79 Å². The Balaban J connectivity index is 1.47. The summed E-state index contributed by atoms with van der Waals surface area (Å²) >= 11 is 0. The van der Waals surface area contributed by atoms with Gasteiger partial charge in [-0.15, -0.1) is 0 Å². The number of aliphatic carboxylic acids is 1. The van der Waals surface area contributed by atoms with E-state index in [-0.39, 0.29) is 18.9 Å². The van der Waals surface area contributed by atoms with E-state index in [1.54, 1.807) is 0 Å². The molecule has 0 saturated heterocycles. The topological polar surface area (TPSA) is 75.6 Å². The van der Waals surface area contributed by atoms with E-state index in [4.69, 9.17) is 4.74 Å². The second kappa shape index (κ2) is 8.27. The molecule has 0 heterocycles. The minimum atomic E-state index is -0.883. The van der Waals surface area contributed by atoms with Crippen LogP contribution in [0.2, 0.25) is 0 Å². The number of benzene rings is 2. The maximum atomic E-state index is 12.7. The van der Waals surface area contributed by atoms with Crippen LogP contribution in [0.1, 0.15) is 62.0 Å². The van der Waals surface area contributed by atoms with Crippen LogP contribution in [-0.2, 0) is 9.53 Å². The summed E-state index contributed by atoms with van der Waals surface area (Å²) in [5.74, 6) is -0.886. The number of fused-ring (bicyclic) bond motifs is 3. The Labute approximate surface area is 171 Å². The van der Waals surface area contributed by atoms with Gasteiger partial charge in [0.25, 0.3) is 0 Å². The highest BCUT2D eigenvalue weighted by molar-refractivity contribution is 5.79. The van der Waals surface area contributed by atoms with E-state index in [1.807, 2.05) is 24.3 Å². The summed E-state index contributed by atoms with van der Waals surface area (Å²) in [5, 5.41) is 12.3. The van der Waals surface area contributed by atoms with Gasteiger partial charge in [-0.05, 0) is 35.1 Å². The molecule has 152 valence electrons. The number of alkyl carbamates (subject to hydrolysis) is 1. The number of hydrogen-bond acceptors (Lipinski definition) is 3. The van der Waals surface area contributed by atoms with Gasteiger partial charge in [0.1, 0.15) is 6.61 Å². The summed E-state index contributed by atoms with van der Waals surface area (Å²) in [5.41, 5.74) is 3.99. The van der Waals surface area contributed by atoms with E-state index in [2.05, 4.69) is 29.6 Å². The quantitative estimate of drug-likeness (QED) is 0.694. The molecule has 2 aliphatic carbocycles. The summed E-state index contributed by atoms with van der Waals surface area (Å²) < 4.78 is 5.65. The van der Waals surface area contributed by atoms with Crippen molar-refractivity contribution in [2.75, 3.05) is 6.61 Å². The molecule has 5 nitrogen and oxygen atoms in total. The van der Waals surface area contributed by atoms with Gasteiger partial charge >= 0.3 is 12.1 Å². The predicted octanol–water partition coefficient (Wildman–Crippen LogP) is 5.09. The lowest BCUT2D eigenvalue weighted by Gasteiger charge is -2.32. The third-order valence-corrected chi connectivity index (χ3v) is 6.26. The molecule has 1 fully saturated rings. The fourth-order valence-electron chi connectivity index (χ4n) is 4.89. The number of carbonyl (C=O) groups is 2. The Morgan fingerprint density at radius 2 is 1.48 bits per heavy atom. The van der Waals surface area contributed by atoms with Crippen LogP contribution in [-0.4, -0.2) is 29.3 Å². The van der Waals surface area contributed by atoms with E-state index in [0.717, 1.165) is 36.8 Å². The first-order valence-electron chi connectivity index (χ1n) is 10.4. The van der Waals surface area contributed by atoms with Crippen molar-refractivity contribution in [1.82, 2.24) is 5.32 Å². The lowest BCUT2D eigenvalue weighted by molar-refractivity contribution is -0.138. The van der Waals surface area contributed by atoms with Gasteiger partial charge in [0.05, 0.1) is 12.0 Å². The maximum Gasteiger partial charge on any atom is 0.407 e. The van der Waals surface area contributed by atoms with E-state index in [9.17, 15) is 14.7 Å². The van der Waals surface area contributed by atoms with Crippen molar-refractivity contribution in [1.29, 1.82) is 0 Å². The Morgan fingerprint density at radius 3 is 2.03 bits per heavy atom. The molecule has 2 aromatic carbocycles. The molecule has 29 heavy (non-hydrogen) atoms. The fourth-order valence-corrected chi connectivity index (χ4v) is 4.89. The van der Waals surface area contributed by atoms with E-state index < -0.39 is 17.6 Å². The first-order valence-corrected chi connectivity index (χ1v) is 10.4. The second-order valence-corrected chi connectivity index (χ2v) is 8.22. The van der Waals surface area contributed by atoms with Crippen LogP contribution in [0.25, 0.3) is 11.1 Å². The molecule has 0 spiro atoms. The molecule has 0 atom stereocenters. The van der Waals surface area contributed by atoms with E-state index in [0.29, 0.717) is 12.8 Å². The summed E-state index contributed by atoms with van der Waals surface area (Å²) in [7, 11) is 0. The van der Waals surface area contributed by atoms with Crippen molar-refractivity contribution in [2.45, 2.75) is 56.4 Å². The van der Waals surface area contributed by atoms with Gasteiger partial charge in [0.15, 0.2) is 0 Å². The van der Waals surface area contributed by atoms with Gasteiger partial charge in [0.2, 0.25) is 0 Å². The van der Waals surface area contributed by atoms with Gasteiger partial charge < -0.3 is 15.2 Å². The Bertz CT molecular complexity index is 854. The van der Waals surface area contributed by atoms with Crippen LogP contribution in [0.15, 0.2) is 48.5 Å². The first kappa shape index (κ1) is 19.5. The second-order valence-electron chi connectivity index (χ2n) is 8.22. The van der Waals surface area contributed by atoms with E-state index >= 15 is 0 Å². The minimum Gasteiger partial charge on any atom is -0.481 e. The van der Waals surface area contributed by atoms with Crippen LogP contribution in [0, 0.1) is 0 Å². The number of rotatable bonds is 5. The lowest BCUT2D eigenvalue weighted by Crippen LogP contribution is -2.50. The average Bonchev–Trinajstić information content (AvgIpc) is 2.84. The molecule has 2 N–H and O–H groups in total. The average molecular weight is 393 g/mol. The molecule has 0 radical (unpaired) electrons. The highest BCUT2D eigenvalue weighted by Crippen LogP contribution is 2.44. The zero-order chi connectivity index (χ0) is 20.3. The number of carbonyl (C=O) groups excluding carboxylic acids is 1. The van der Waals surface area contributed by atoms with E-state index in [1.165, 1.54) is 11.1 Å². The standard InChI is InChI=1S/C24H27NO4/c26-22(27)15-24(13-7-1-2-8-14-24)25-23(28)29-16-21-19-11-5-3-9-17(19)18-10-4-6-12-20(18)21/h3-6,9-12,21H,1-2,7-8,13-16H2,(H,25,28)(H,26,27). The molecule has 2 aliphatic rings. The first-order chi connectivity index (χ1) is 14.1. The highest BCUT2D eigenvalue weighted by atomic mass is 16.5. The molecular weight excluding hydrogens is 366 g/mol. The van der Waals surface area contributed by atoms with Gasteiger partial charge in [0, 0.05) is 5.92 Å². The number of carboxylic acids is 1. The van der Waals surface area contributed by atoms with Gasteiger partial charge in [-0.1, -0.05) is 74.2 Å². The lowest BCUT2D eigenvalue weighted by atomic mass is 9.87. The number of amides is 1. The molecule has 2 aromatic rings. The normalized spacial score (nSPS) is 17.7. The van der Waals surface area contributed by atoms with Crippen molar-refractivity contribution in [3.05, 3.63) is 59.7 Å². The largest absolute Gasteiger partial charge is 0.481 e.